The highest BCUT2D eigenvalue weighted by Crippen LogP contribution is 2.40. The van der Waals surface area contributed by atoms with E-state index in [1.54, 1.807) is 14.2 Å². The molecule has 1 N–H and O–H groups in total. The molecule has 0 spiro atoms. The summed E-state index contributed by atoms with van der Waals surface area (Å²) in [5.74, 6) is 0.956. The summed E-state index contributed by atoms with van der Waals surface area (Å²) in [6.45, 7) is 4.86. The van der Waals surface area contributed by atoms with Gasteiger partial charge in [-0.2, -0.15) is 0 Å². The van der Waals surface area contributed by atoms with Gasteiger partial charge in [0.2, 0.25) is 5.75 Å². The van der Waals surface area contributed by atoms with Gasteiger partial charge in [0.05, 0.1) is 20.8 Å². The third kappa shape index (κ3) is 7.36. The van der Waals surface area contributed by atoms with E-state index in [0.717, 1.165) is 38.3 Å². The first-order valence-corrected chi connectivity index (χ1v) is 10.2. The Kier molecular flexibility index (Phi) is 12.1. The van der Waals surface area contributed by atoms with Crippen LogP contribution in [0.1, 0.15) is 18.4 Å². The molecule has 1 saturated heterocycles. The van der Waals surface area contributed by atoms with Gasteiger partial charge in [0.15, 0.2) is 11.5 Å². The number of aliphatic carboxylic acids is 1. The Bertz CT molecular complexity index is 831. The van der Waals surface area contributed by atoms with E-state index in [9.17, 15) is 4.79 Å². The minimum atomic E-state index is -0.826. The number of hydrogen-bond donors (Lipinski definition) is 1. The predicted octanol–water partition coefficient (Wildman–Crippen LogP) is 4.11. The van der Waals surface area contributed by atoms with E-state index in [1.807, 2.05) is 18.2 Å². The van der Waals surface area contributed by atoms with E-state index in [0.29, 0.717) is 30.3 Å². The molecule has 0 aliphatic carbocycles. The smallest absolute Gasteiger partial charge is 0.303 e. The molecule has 1 aliphatic heterocycles. The van der Waals surface area contributed by atoms with Crippen molar-refractivity contribution in [2.75, 3.05) is 51.9 Å². The Labute approximate surface area is 202 Å². The molecule has 2 aromatic rings. The van der Waals surface area contributed by atoms with Crippen molar-refractivity contribution >= 4 is 36.5 Å². The first-order valence-electron chi connectivity index (χ1n) is 10.2. The van der Waals surface area contributed by atoms with Crippen molar-refractivity contribution < 1.29 is 24.1 Å². The molecule has 7 nitrogen and oxygen atoms in total. The van der Waals surface area contributed by atoms with Crippen LogP contribution >= 0.6 is 24.8 Å². The van der Waals surface area contributed by atoms with Crippen molar-refractivity contribution in [1.29, 1.82) is 0 Å². The standard InChI is InChI=1S/C23H30N2O5.2ClH/c1-28-20-11-10-18(22(23(20)29-2)30-16-6-9-21(26)27)17-24-12-14-25(15-13-24)19-7-4-3-5-8-19;;/h3-5,7-8,10-11H,6,9,12-17H2,1-2H3,(H,26,27);2*1H. The van der Waals surface area contributed by atoms with E-state index in [-0.39, 0.29) is 31.2 Å². The first-order chi connectivity index (χ1) is 14.6. The molecule has 178 valence electrons. The fourth-order valence-electron chi connectivity index (χ4n) is 3.66. The zero-order valence-electron chi connectivity index (χ0n) is 18.5. The molecule has 1 heterocycles. The lowest BCUT2D eigenvalue weighted by Gasteiger charge is -2.36. The van der Waals surface area contributed by atoms with Gasteiger partial charge in [0.1, 0.15) is 0 Å². The molecule has 0 bridgehead atoms. The third-order valence-corrected chi connectivity index (χ3v) is 5.25. The van der Waals surface area contributed by atoms with Gasteiger partial charge in [-0.15, -0.1) is 24.8 Å². The number of rotatable bonds is 10. The van der Waals surface area contributed by atoms with Gasteiger partial charge in [-0.1, -0.05) is 24.3 Å². The van der Waals surface area contributed by atoms with Crippen molar-refractivity contribution in [3.63, 3.8) is 0 Å². The third-order valence-electron chi connectivity index (χ3n) is 5.25. The van der Waals surface area contributed by atoms with Crippen LogP contribution in [0.15, 0.2) is 42.5 Å². The average molecular weight is 487 g/mol. The van der Waals surface area contributed by atoms with Crippen molar-refractivity contribution in [1.82, 2.24) is 4.90 Å². The maximum Gasteiger partial charge on any atom is 0.303 e. The van der Waals surface area contributed by atoms with Crippen LogP contribution in [-0.4, -0.2) is 63.0 Å². The lowest BCUT2D eigenvalue weighted by atomic mass is 10.1. The molecule has 9 heteroatoms. The fraction of sp³-hybridized carbons (Fsp3) is 0.435. The number of para-hydroxylation sites is 1. The fourth-order valence-corrected chi connectivity index (χ4v) is 3.66. The lowest BCUT2D eigenvalue weighted by molar-refractivity contribution is -0.137. The largest absolute Gasteiger partial charge is 0.493 e. The maximum atomic E-state index is 10.8. The van der Waals surface area contributed by atoms with Crippen LogP contribution in [0.4, 0.5) is 5.69 Å². The molecular formula is C23H32Cl2N2O5. The Morgan fingerprint density at radius 1 is 0.938 bits per heavy atom. The first kappa shape index (κ1) is 27.7. The van der Waals surface area contributed by atoms with E-state index in [2.05, 4.69) is 34.1 Å². The highest BCUT2D eigenvalue weighted by atomic mass is 35.5. The second-order valence-corrected chi connectivity index (χ2v) is 7.23. The molecule has 1 aliphatic rings. The van der Waals surface area contributed by atoms with Gasteiger partial charge in [-0.05, 0) is 24.6 Å². The zero-order valence-corrected chi connectivity index (χ0v) is 20.1. The monoisotopic (exact) mass is 486 g/mol. The number of halogens is 2. The SMILES string of the molecule is COc1ccc(CN2CCN(c3ccccc3)CC2)c(OCCCC(=O)O)c1OC.Cl.Cl. The average Bonchev–Trinajstić information content (AvgIpc) is 2.78. The number of hydrogen-bond acceptors (Lipinski definition) is 6. The van der Waals surface area contributed by atoms with Gasteiger partial charge in [0, 0.05) is 50.4 Å². The number of carboxylic acids is 1. The molecular weight excluding hydrogens is 455 g/mol. The molecule has 3 rings (SSSR count). The van der Waals surface area contributed by atoms with Crippen LogP contribution in [0.3, 0.4) is 0 Å². The summed E-state index contributed by atoms with van der Waals surface area (Å²) in [4.78, 5) is 15.6. The zero-order chi connectivity index (χ0) is 21.3. The molecule has 0 atom stereocenters. The summed E-state index contributed by atoms with van der Waals surface area (Å²) >= 11 is 0. The second kappa shape index (κ2) is 13.9. The molecule has 1 fully saturated rings. The molecule has 0 saturated carbocycles. The van der Waals surface area contributed by atoms with Crippen molar-refractivity contribution in [3.05, 3.63) is 48.0 Å². The van der Waals surface area contributed by atoms with E-state index < -0.39 is 5.97 Å². The lowest BCUT2D eigenvalue weighted by Crippen LogP contribution is -2.46. The Morgan fingerprint density at radius 3 is 2.22 bits per heavy atom. The van der Waals surface area contributed by atoms with Gasteiger partial charge >= 0.3 is 5.97 Å². The number of carbonyl (C=O) groups is 1. The van der Waals surface area contributed by atoms with Crippen LogP contribution < -0.4 is 19.1 Å². The van der Waals surface area contributed by atoms with E-state index >= 15 is 0 Å². The number of carboxylic acid groups (broad SMARTS) is 1. The number of piperazine rings is 1. The minimum absolute atomic E-state index is 0. The summed E-state index contributed by atoms with van der Waals surface area (Å²) in [7, 11) is 3.18. The maximum absolute atomic E-state index is 10.8. The van der Waals surface area contributed by atoms with Gasteiger partial charge in [-0.3, -0.25) is 9.69 Å². The van der Waals surface area contributed by atoms with Crippen LogP contribution in [0.25, 0.3) is 0 Å². The van der Waals surface area contributed by atoms with Crippen LogP contribution in [0.2, 0.25) is 0 Å². The highest BCUT2D eigenvalue weighted by molar-refractivity contribution is 5.85. The minimum Gasteiger partial charge on any atom is -0.493 e. The van der Waals surface area contributed by atoms with Crippen molar-refractivity contribution in [3.8, 4) is 17.2 Å². The number of ether oxygens (including phenoxy) is 3. The van der Waals surface area contributed by atoms with E-state index in [4.69, 9.17) is 19.3 Å². The van der Waals surface area contributed by atoms with Gasteiger partial charge in [0.25, 0.3) is 0 Å². The van der Waals surface area contributed by atoms with Crippen molar-refractivity contribution in [2.45, 2.75) is 19.4 Å². The summed E-state index contributed by atoms with van der Waals surface area (Å²) in [5.41, 5.74) is 2.27. The molecule has 2 aromatic carbocycles. The summed E-state index contributed by atoms with van der Waals surface area (Å²) in [6.07, 6.45) is 0.508. The number of benzene rings is 2. The normalized spacial score (nSPS) is 13.5. The van der Waals surface area contributed by atoms with Crippen LogP contribution in [0.5, 0.6) is 17.2 Å². The van der Waals surface area contributed by atoms with Gasteiger partial charge < -0.3 is 24.2 Å². The summed E-state index contributed by atoms with van der Waals surface area (Å²) < 4.78 is 16.9. The number of anilines is 1. The summed E-state index contributed by atoms with van der Waals surface area (Å²) in [5, 5.41) is 8.86. The molecule has 32 heavy (non-hydrogen) atoms. The Hall–Kier alpha value is -2.35. The molecule has 0 radical (unpaired) electrons. The van der Waals surface area contributed by atoms with Gasteiger partial charge in [-0.25, -0.2) is 0 Å². The summed E-state index contributed by atoms with van der Waals surface area (Å²) in [6, 6.07) is 14.4. The molecule has 0 unspecified atom stereocenters. The quantitative estimate of drug-likeness (QED) is 0.506. The van der Waals surface area contributed by atoms with E-state index in [1.165, 1.54) is 5.69 Å². The van der Waals surface area contributed by atoms with Crippen LogP contribution in [-0.2, 0) is 11.3 Å². The topological polar surface area (TPSA) is 71.5 Å². The Balaban J connectivity index is 0.00000256. The second-order valence-electron chi connectivity index (χ2n) is 7.23. The highest BCUT2D eigenvalue weighted by Gasteiger charge is 2.22. The number of nitrogens with zero attached hydrogens (tertiary/aromatic N) is 2. The number of methoxy groups -OCH3 is 2. The molecule has 0 amide bonds. The van der Waals surface area contributed by atoms with Crippen molar-refractivity contribution in [2.24, 2.45) is 0 Å². The predicted molar refractivity (Wildman–Crippen MR) is 130 cm³/mol. The van der Waals surface area contributed by atoms with Crippen LogP contribution in [0, 0.1) is 0 Å². The molecule has 0 aromatic heterocycles. The Morgan fingerprint density at radius 2 is 1.62 bits per heavy atom.